The van der Waals surface area contributed by atoms with Gasteiger partial charge < -0.3 is 10.8 Å². The maximum Gasteiger partial charge on any atom is 0.156 e. The third-order valence-electron chi connectivity index (χ3n) is 1.98. The molecular formula is C8H10N6O. The molecule has 2 aromatic rings. The molecule has 0 bridgehead atoms. The minimum Gasteiger partial charge on any atom is -0.394 e. The monoisotopic (exact) mass is 206 g/mol. The number of hydrogen-bond acceptors (Lipinski definition) is 6. The maximum atomic E-state index is 8.85. The quantitative estimate of drug-likeness (QED) is 0.671. The Hall–Kier alpha value is -1.86. The molecule has 7 nitrogen and oxygen atoms in total. The number of nitrogens with two attached hydrogens (primary N) is 1. The predicted molar refractivity (Wildman–Crippen MR) is 51.0 cm³/mol. The van der Waals surface area contributed by atoms with Gasteiger partial charge in [0, 0.05) is 6.20 Å². The molecule has 0 amide bonds. The van der Waals surface area contributed by atoms with Gasteiger partial charge in [0.05, 0.1) is 12.6 Å². The first kappa shape index (κ1) is 9.69. The lowest BCUT2D eigenvalue weighted by atomic mass is 10.1. The van der Waals surface area contributed by atoms with Crippen LogP contribution >= 0.6 is 0 Å². The van der Waals surface area contributed by atoms with Crippen molar-refractivity contribution in [1.82, 2.24) is 25.2 Å². The van der Waals surface area contributed by atoms with Crippen LogP contribution in [0.25, 0.3) is 5.82 Å². The van der Waals surface area contributed by atoms with Crippen LogP contribution in [0.15, 0.2) is 24.7 Å². The van der Waals surface area contributed by atoms with Gasteiger partial charge in [0.1, 0.15) is 6.33 Å². The Labute approximate surface area is 85.6 Å². The van der Waals surface area contributed by atoms with Crippen molar-refractivity contribution in [3.8, 4) is 5.82 Å². The summed E-state index contributed by atoms with van der Waals surface area (Å²) in [5.74, 6) is 0.605. The van der Waals surface area contributed by atoms with Crippen LogP contribution < -0.4 is 5.73 Å². The fourth-order valence-electron chi connectivity index (χ4n) is 1.12. The highest BCUT2D eigenvalue weighted by Gasteiger charge is 2.05. The van der Waals surface area contributed by atoms with Gasteiger partial charge in [-0.1, -0.05) is 6.07 Å². The Morgan fingerprint density at radius 2 is 2.33 bits per heavy atom. The molecule has 0 fully saturated rings. The average Bonchev–Trinajstić information content (AvgIpc) is 2.82. The van der Waals surface area contributed by atoms with Gasteiger partial charge in [-0.15, -0.1) is 5.10 Å². The van der Waals surface area contributed by atoms with Gasteiger partial charge in [0.25, 0.3) is 0 Å². The second-order valence-electron chi connectivity index (χ2n) is 2.99. The standard InChI is InChI=1S/C8H10N6O/c9-7(4-15)6-1-2-8(10-3-6)14-5-11-12-13-14/h1-3,5,7,15H,4,9H2. The van der Waals surface area contributed by atoms with E-state index < -0.39 is 6.04 Å². The number of aliphatic hydroxyl groups is 1. The van der Waals surface area contributed by atoms with Gasteiger partial charge >= 0.3 is 0 Å². The summed E-state index contributed by atoms with van der Waals surface area (Å²) >= 11 is 0. The van der Waals surface area contributed by atoms with Crippen molar-refractivity contribution in [2.24, 2.45) is 5.73 Å². The zero-order valence-electron chi connectivity index (χ0n) is 7.85. The molecule has 2 aromatic heterocycles. The number of pyridine rings is 1. The van der Waals surface area contributed by atoms with E-state index in [1.807, 2.05) is 0 Å². The molecule has 2 rings (SSSR count). The largest absolute Gasteiger partial charge is 0.394 e. The van der Waals surface area contributed by atoms with Crippen LogP contribution in [0.4, 0.5) is 0 Å². The van der Waals surface area contributed by atoms with Gasteiger partial charge in [0.15, 0.2) is 5.82 Å². The fraction of sp³-hybridized carbons (Fsp3) is 0.250. The summed E-state index contributed by atoms with van der Waals surface area (Å²) in [6, 6.07) is 3.12. The van der Waals surface area contributed by atoms with E-state index in [9.17, 15) is 0 Å². The van der Waals surface area contributed by atoms with Crippen LogP contribution in [0.2, 0.25) is 0 Å². The SMILES string of the molecule is NC(CO)c1ccc(-n2cnnn2)nc1. The predicted octanol–water partition coefficient (Wildman–Crippen LogP) is -0.951. The van der Waals surface area contributed by atoms with Gasteiger partial charge in [-0.2, -0.15) is 4.68 Å². The first-order valence-electron chi connectivity index (χ1n) is 4.37. The number of hydrogen-bond donors (Lipinski definition) is 2. The summed E-state index contributed by atoms with van der Waals surface area (Å²) < 4.78 is 1.44. The highest BCUT2D eigenvalue weighted by molar-refractivity contribution is 5.25. The van der Waals surface area contributed by atoms with E-state index in [0.29, 0.717) is 5.82 Å². The summed E-state index contributed by atoms with van der Waals surface area (Å²) in [4.78, 5) is 4.12. The molecule has 0 aliphatic rings. The summed E-state index contributed by atoms with van der Waals surface area (Å²) in [6.45, 7) is -0.105. The van der Waals surface area contributed by atoms with E-state index in [2.05, 4.69) is 20.5 Å². The zero-order chi connectivity index (χ0) is 10.7. The number of aliphatic hydroxyl groups excluding tert-OH is 1. The molecule has 0 spiro atoms. The molecule has 0 aromatic carbocycles. The van der Waals surface area contributed by atoms with Crippen molar-refractivity contribution in [2.75, 3.05) is 6.61 Å². The molecule has 1 unspecified atom stereocenters. The molecule has 78 valence electrons. The minimum atomic E-state index is -0.402. The summed E-state index contributed by atoms with van der Waals surface area (Å²) in [5, 5.41) is 19.5. The van der Waals surface area contributed by atoms with Crippen LogP contribution in [0.3, 0.4) is 0 Å². The van der Waals surface area contributed by atoms with Crippen molar-refractivity contribution in [3.63, 3.8) is 0 Å². The van der Waals surface area contributed by atoms with Crippen LogP contribution in [0.5, 0.6) is 0 Å². The Balaban J connectivity index is 2.25. The van der Waals surface area contributed by atoms with Crippen LogP contribution in [-0.2, 0) is 0 Å². The molecular weight excluding hydrogens is 196 g/mol. The smallest absolute Gasteiger partial charge is 0.156 e. The lowest BCUT2D eigenvalue weighted by Gasteiger charge is -2.07. The molecule has 0 saturated carbocycles. The Bertz CT molecular complexity index is 411. The van der Waals surface area contributed by atoms with Crippen LogP contribution in [0.1, 0.15) is 11.6 Å². The summed E-state index contributed by atoms with van der Waals surface area (Å²) in [7, 11) is 0. The number of nitrogens with zero attached hydrogens (tertiary/aromatic N) is 5. The van der Waals surface area contributed by atoms with E-state index in [0.717, 1.165) is 5.56 Å². The highest BCUT2D eigenvalue weighted by Crippen LogP contribution is 2.09. The minimum absolute atomic E-state index is 0.105. The summed E-state index contributed by atoms with van der Waals surface area (Å²) in [6.07, 6.45) is 3.05. The molecule has 15 heavy (non-hydrogen) atoms. The van der Waals surface area contributed by atoms with Gasteiger partial charge in [-0.3, -0.25) is 0 Å². The van der Waals surface area contributed by atoms with Crippen molar-refractivity contribution in [3.05, 3.63) is 30.2 Å². The van der Waals surface area contributed by atoms with E-state index in [4.69, 9.17) is 10.8 Å². The second kappa shape index (κ2) is 4.11. The molecule has 0 aliphatic heterocycles. The normalized spacial score (nSPS) is 12.7. The Morgan fingerprint density at radius 1 is 1.47 bits per heavy atom. The molecule has 2 heterocycles. The van der Waals surface area contributed by atoms with Crippen LogP contribution in [-0.4, -0.2) is 36.9 Å². The van der Waals surface area contributed by atoms with Gasteiger partial charge in [-0.05, 0) is 22.1 Å². The van der Waals surface area contributed by atoms with Gasteiger partial charge in [0.2, 0.25) is 0 Å². The first-order chi connectivity index (χ1) is 7.31. The molecule has 0 saturated heterocycles. The maximum absolute atomic E-state index is 8.85. The van der Waals surface area contributed by atoms with Crippen LogP contribution in [0, 0.1) is 0 Å². The number of tetrazole rings is 1. The fourth-order valence-corrected chi connectivity index (χ4v) is 1.12. The zero-order valence-corrected chi connectivity index (χ0v) is 7.85. The average molecular weight is 206 g/mol. The van der Waals surface area contributed by atoms with E-state index in [1.54, 1.807) is 18.3 Å². The Morgan fingerprint density at radius 3 is 2.87 bits per heavy atom. The van der Waals surface area contributed by atoms with Gasteiger partial charge in [-0.25, -0.2) is 4.98 Å². The highest BCUT2D eigenvalue weighted by atomic mass is 16.3. The number of rotatable bonds is 3. The molecule has 3 N–H and O–H groups in total. The Kier molecular flexibility index (Phi) is 2.66. The molecule has 7 heteroatoms. The van der Waals surface area contributed by atoms with E-state index >= 15 is 0 Å². The third kappa shape index (κ3) is 1.97. The molecule has 1 atom stereocenters. The second-order valence-corrected chi connectivity index (χ2v) is 2.99. The topological polar surface area (TPSA) is 103 Å². The van der Waals surface area contributed by atoms with Crippen molar-refractivity contribution in [1.29, 1.82) is 0 Å². The molecule has 0 aliphatic carbocycles. The lowest BCUT2D eigenvalue weighted by Crippen LogP contribution is -2.14. The van der Waals surface area contributed by atoms with E-state index in [-0.39, 0.29) is 6.61 Å². The van der Waals surface area contributed by atoms with Crippen molar-refractivity contribution < 1.29 is 5.11 Å². The van der Waals surface area contributed by atoms with E-state index in [1.165, 1.54) is 11.0 Å². The third-order valence-corrected chi connectivity index (χ3v) is 1.98. The molecule has 0 radical (unpaired) electrons. The van der Waals surface area contributed by atoms with Crippen molar-refractivity contribution >= 4 is 0 Å². The van der Waals surface area contributed by atoms with Crippen molar-refractivity contribution in [2.45, 2.75) is 6.04 Å². The first-order valence-corrected chi connectivity index (χ1v) is 4.37. The number of aromatic nitrogens is 5. The summed E-state index contributed by atoms with van der Waals surface area (Å²) in [5.41, 5.74) is 6.40. The lowest BCUT2D eigenvalue weighted by molar-refractivity contribution is 0.268.